The van der Waals surface area contributed by atoms with Crippen LogP contribution in [0.15, 0.2) is 18.2 Å². The van der Waals surface area contributed by atoms with Crippen LogP contribution < -0.4 is 5.73 Å². The zero-order valence-electron chi connectivity index (χ0n) is 14.8. The summed E-state index contributed by atoms with van der Waals surface area (Å²) in [5.41, 5.74) is 9.44. The first-order valence-corrected chi connectivity index (χ1v) is 8.77. The van der Waals surface area contributed by atoms with E-state index in [1.54, 1.807) is 12.1 Å². The normalized spacial score (nSPS) is 11.3. The molecule has 2 rings (SSSR count). The topological polar surface area (TPSA) is 88.5 Å². The van der Waals surface area contributed by atoms with Gasteiger partial charge in [0, 0.05) is 30.1 Å². The number of hydrogen-bond acceptors (Lipinski definition) is 3. The molecule has 0 aliphatic carbocycles. The molecule has 0 aliphatic heterocycles. The van der Waals surface area contributed by atoms with E-state index in [0.29, 0.717) is 24.4 Å². The second-order valence-corrected chi connectivity index (χ2v) is 7.05. The van der Waals surface area contributed by atoms with Crippen molar-refractivity contribution in [2.45, 2.75) is 40.2 Å². The van der Waals surface area contributed by atoms with Crippen molar-refractivity contribution in [1.82, 2.24) is 4.57 Å². The van der Waals surface area contributed by atoms with Gasteiger partial charge in [-0.15, -0.1) is 0 Å². The van der Waals surface area contributed by atoms with Crippen LogP contribution in [0, 0.1) is 12.8 Å². The van der Waals surface area contributed by atoms with E-state index in [0.717, 1.165) is 28.9 Å². The number of aliphatic hydroxyl groups is 1. The molecular formula is C19H25ClN2O3. The molecule has 0 saturated heterocycles. The molecule has 0 atom stereocenters. The lowest BCUT2D eigenvalue weighted by Crippen LogP contribution is -2.13. The highest BCUT2D eigenvalue weighted by atomic mass is 35.5. The van der Waals surface area contributed by atoms with E-state index >= 15 is 0 Å². The quantitative estimate of drug-likeness (QED) is 0.702. The van der Waals surface area contributed by atoms with E-state index in [2.05, 4.69) is 18.4 Å². The molecule has 4 N–H and O–H groups in total. The second-order valence-electron chi connectivity index (χ2n) is 6.64. The van der Waals surface area contributed by atoms with E-state index in [9.17, 15) is 15.0 Å². The number of rotatable bonds is 7. The van der Waals surface area contributed by atoms with Gasteiger partial charge in [0.15, 0.2) is 0 Å². The van der Waals surface area contributed by atoms with Crippen LogP contribution in [0.25, 0.3) is 11.1 Å². The lowest BCUT2D eigenvalue weighted by atomic mass is 9.95. The molecule has 0 aliphatic rings. The molecule has 0 radical (unpaired) electrons. The van der Waals surface area contributed by atoms with Gasteiger partial charge in [-0.3, -0.25) is 4.79 Å². The Morgan fingerprint density at radius 2 is 2.04 bits per heavy atom. The van der Waals surface area contributed by atoms with E-state index in [1.807, 2.05) is 6.92 Å². The van der Waals surface area contributed by atoms with Gasteiger partial charge in [0.1, 0.15) is 5.75 Å². The maximum Gasteiger partial charge on any atom is 0.251 e. The Morgan fingerprint density at radius 3 is 2.56 bits per heavy atom. The third-order valence-electron chi connectivity index (χ3n) is 4.26. The number of carbonyl (C=O) groups is 1. The van der Waals surface area contributed by atoms with E-state index in [4.69, 9.17) is 17.3 Å². The molecule has 136 valence electrons. The average molecular weight is 365 g/mol. The van der Waals surface area contributed by atoms with Crippen LogP contribution in [-0.2, 0) is 13.0 Å². The molecule has 0 spiro atoms. The number of amides is 1. The highest BCUT2D eigenvalue weighted by Crippen LogP contribution is 2.37. The predicted octanol–water partition coefficient (Wildman–Crippen LogP) is 3.50. The SMILES string of the molecule is Cc1c(C(N)=O)c(-c2ccc(O)c(Cl)c2)c(CC(C)C)n1CCCO. The number of aromatic hydroxyl groups is 1. The Balaban J connectivity index is 2.77. The highest BCUT2D eigenvalue weighted by molar-refractivity contribution is 6.32. The number of carbonyl (C=O) groups excluding carboxylic acids is 1. The maximum absolute atomic E-state index is 12.2. The number of phenols is 1. The number of aromatic nitrogens is 1. The van der Waals surface area contributed by atoms with Crippen molar-refractivity contribution < 1.29 is 15.0 Å². The Labute approximate surface area is 153 Å². The second kappa shape index (κ2) is 7.93. The summed E-state index contributed by atoms with van der Waals surface area (Å²) in [6.45, 7) is 6.76. The molecule has 1 heterocycles. The van der Waals surface area contributed by atoms with Gasteiger partial charge in [0.05, 0.1) is 10.6 Å². The molecule has 5 nitrogen and oxygen atoms in total. The molecule has 2 aromatic rings. The summed E-state index contributed by atoms with van der Waals surface area (Å²) in [5.74, 6) is -0.133. The van der Waals surface area contributed by atoms with Crippen LogP contribution in [0.3, 0.4) is 0 Å². The Hall–Kier alpha value is -1.98. The summed E-state index contributed by atoms with van der Waals surface area (Å²) in [4.78, 5) is 12.2. The van der Waals surface area contributed by atoms with Crippen LogP contribution in [-0.4, -0.2) is 27.3 Å². The zero-order valence-corrected chi connectivity index (χ0v) is 15.6. The van der Waals surface area contributed by atoms with Crippen LogP contribution in [0.1, 0.15) is 42.0 Å². The zero-order chi connectivity index (χ0) is 18.7. The Bertz CT molecular complexity index is 781. The first-order valence-electron chi connectivity index (χ1n) is 8.39. The standard InChI is InChI=1S/C19H25ClN2O3/c1-11(2)9-15-18(13-5-6-16(24)14(20)10-13)17(19(21)25)12(3)22(15)7-4-8-23/h5-6,10-11,23-24H,4,7-9H2,1-3H3,(H2,21,25). The van der Waals surface area contributed by atoms with Crippen LogP contribution in [0.2, 0.25) is 5.02 Å². The molecule has 0 fully saturated rings. The van der Waals surface area contributed by atoms with Gasteiger partial charge in [-0.1, -0.05) is 31.5 Å². The summed E-state index contributed by atoms with van der Waals surface area (Å²) in [6, 6.07) is 4.91. The third kappa shape index (κ3) is 3.99. The van der Waals surface area contributed by atoms with Crippen LogP contribution in [0.5, 0.6) is 5.75 Å². The number of aliphatic hydroxyl groups excluding tert-OH is 1. The fourth-order valence-corrected chi connectivity index (χ4v) is 3.38. The number of halogens is 1. The molecule has 1 aromatic heterocycles. The van der Waals surface area contributed by atoms with Crippen molar-refractivity contribution in [2.24, 2.45) is 11.7 Å². The van der Waals surface area contributed by atoms with Crippen molar-refractivity contribution in [3.05, 3.63) is 40.2 Å². The van der Waals surface area contributed by atoms with Gasteiger partial charge < -0.3 is 20.5 Å². The van der Waals surface area contributed by atoms with Gasteiger partial charge in [0.25, 0.3) is 5.91 Å². The number of primary amides is 1. The summed E-state index contributed by atoms with van der Waals surface area (Å²) in [6.07, 6.45) is 1.35. The maximum atomic E-state index is 12.2. The fraction of sp³-hybridized carbons (Fsp3) is 0.421. The van der Waals surface area contributed by atoms with Gasteiger partial charge in [-0.2, -0.15) is 0 Å². The van der Waals surface area contributed by atoms with Crippen LogP contribution >= 0.6 is 11.6 Å². The predicted molar refractivity (Wildman–Crippen MR) is 100 cm³/mol. The minimum atomic E-state index is -0.496. The Kier molecular flexibility index (Phi) is 6.14. The lowest BCUT2D eigenvalue weighted by molar-refractivity contribution is 0.1000. The summed E-state index contributed by atoms with van der Waals surface area (Å²) in [5, 5.41) is 19.1. The molecule has 6 heteroatoms. The highest BCUT2D eigenvalue weighted by Gasteiger charge is 2.25. The van der Waals surface area contributed by atoms with E-state index < -0.39 is 5.91 Å². The van der Waals surface area contributed by atoms with Crippen molar-refractivity contribution in [3.63, 3.8) is 0 Å². The molecular weight excluding hydrogens is 340 g/mol. The summed E-state index contributed by atoms with van der Waals surface area (Å²) < 4.78 is 2.06. The monoisotopic (exact) mass is 364 g/mol. The lowest BCUT2D eigenvalue weighted by Gasteiger charge is -2.15. The van der Waals surface area contributed by atoms with Crippen molar-refractivity contribution in [1.29, 1.82) is 0 Å². The van der Waals surface area contributed by atoms with Gasteiger partial charge in [-0.05, 0) is 43.4 Å². The van der Waals surface area contributed by atoms with Crippen LogP contribution in [0.4, 0.5) is 0 Å². The molecule has 0 bridgehead atoms. The smallest absolute Gasteiger partial charge is 0.251 e. The van der Waals surface area contributed by atoms with Gasteiger partial charge in [0.2, 0.25) is 0 Å². The average Bonchev–Trinajstić information content (AvgIpc) is 2.79. The summed E-state index contributed by atoms with van der Waals surface area (Å²) >= 11 is 6.08. The van der Waals surface area contributed by atoms with Gasteiger partial charge >= 0.3 is 0 Å². The fourth-order valence-electron chi connectivity index (χ4n) is 3.20. The first kappa shape index (κ1) is 19.3. The van der Waals surface area contributed by atoms with Crippen molar-refractivity contribution in [2.75, 3.05) is 6.61 Å². The van der Waals surface area contributed by atoms with Crippen molar-refractivity contribution in [3.8, 4) is 16.9 Å². The first-order chi connectivity index (χ1) is 11.8. The number of benzene rings is 1. The van der Waals surface area contributed by atoms with Gasteiger partial charge in [-0.25, -0.2) is 0 Å². The number of hydrogen-bond donors (Lipinski definition) is 3. The minimum Gasteiger partial charge on any atom is -0.506 e. The van der Waals surface area contributed by atoms with Crippen molar-refractivity contribution >= 4 is 17.5 Å². The number of nitrogens with zero attached hydrogens (tertiary/aromatic N) is 1. The molecule has 1 aromatic carbocycles. The molecule has 0 saturated carbocycles. The molecule has 0 unspecified atom stereocenters. The Morgan fingerprint density at radius 1 is 1.36 bits per heavy atom. The third-order valence-corrected chi connectivity index (χ3v) is 4.56. The number of phenolic OH excluding ortho intramolecular Hbond substituents is 1. The van der Waals surface area contributed by atoms with E-state index in [-0.39, 0.29) is 17.4 Å². The summed E-state index contributed by atoms with van der Waals surface area (Å²) in [7, 11) is 0. The number of nitrogens with two attached hydrogens (primary N) is 1. The molecule has 1 amide bonds. The molecule has 25 heavy (non-hydrogen) atoms. The minimum absolute atomic E-state index is 0.00659. The van der Waals surface area contributed by atoms with E-state index in [1.165, 1.54) is 6.07 Å². The largest absolute Gasteiger partial charge is 0.506 e.